The van der Waals surface area contributed by atoms with E-state index < -0.39 is 5.97 Å². The monoisotopic (exact) mass is 210 g/mol. The van der Waals surface area contributed by atoms with E-state index in [2.05, 4.69) is 0 Å². The van der Waals surface area contributed by atoms with E-state index in [1.807, 2.05) is 13.0 Å². The minimum atomic E-state index is -1.03. The van der Waals surface area contributed by atoms with Crippen LogP contribution in [-0.4, -0.2) is 22.8 Å². The van der Waals surface area contributed by atoms with Crippen LogP contribution in [0.2, 0.25) is 0 Å². The van der Waals surface area contributed by atoms with Crippen LogP contribution in [0.5, 0.6) is 5.75 Å². The maximum absolute atomic E-state index is 10.3. The molecule has 0 aliphatic heterocycles. The lowest BCUT2D eigenvalue weighted by atomic mass is 10.1. The Hall–Kier alpha value is -1.55. The Balaban J connectivity index is 2.85. The van der Waals surface area contributed by atoms with Gasteiger partial charge in [-0.1, -0.05) is 19.1 Å². The number of aliphatic hydroxyl groups is 1. The Morgan fingerprint density at radius 1 is 1.47 bits per heavy atom. The van der Waals surface area contributed by atoms with Crippen molar-refractivity contribution in [3.63, 3.8) is 0 Å². The van der Waals surface area contributed by atoms with Crippen molar-refractivity contribution in [2.75, 3.05) is 6.61 Å². The largest absolute Gasteiger partial charge is 0.482 e. The first-order valence-corrected chi connectivity index (χ1v) is 4.74. The molecule has 0 unspecified atom stereocenters. The van der Waals surface area contributed by atoms with E-state index in [1.165, 1.54) is 0 Å². The molecule has 1 aromatic carbocycles. The number of aliphatic hydroxyl groups excluding tert-OH is 1. The number of hydrogen-bond acceptors (Lipinski definition) is 3. The third-order valence-corrected chi connectivity index (χ3v) is 2.06. The van der Waals surface area contributed by atoms with Crippen LogP contribution in [0.1, 0.15) is 18.1 Å². The normalized spacial score (nSPS) is 10.0. The van der Waals surface area contributed by atoms with Gasteiger partial charge in [0.1, 0.15) is 5.75 Å². The first-order valence-electron chi connectivity index (χ1n) is 4.74. The summed E-state index contributed by atoms with van der Waals surface area (Å²) in [6, 6.07) is 5.39. The number of benzene rings is 1. The summed E-state index contributed by atoms with van der Waals surface area (Å²) in [6.45, 7) is 1.45. The van der Waals surface area contributed by atoms with Gasteiger partial charge < -0.3 is 14.9 Å². The van der Waals surface area contributed by atoms with Crippen LogP contribution < -0.4 is 4.74 Å². The van der Waals surface area contributed by atoms with Crippen LogP contribution in [0.25, 0.3) is 0 Å². The summed E-state index contributed by atoms with van der Waals surface area (Å²) in [6.07, 6.45) is 0.842. The van der Waals surface area contributed by atoms with Crippen LogP contribution in [0, 0.1) is 0 Å². The standard InChI is InChI=1S/C11H14O4/c1-2-8-3-4-9(6-12)10(5-8)15-7-11(13)14/h3-5,12H,2,6-7H2,1H3,(H,13,14). The fourth-order valence-corrected chi connectivity index (χ4v) is 1.22. The van der Waals surface area contributed by atoms with E-state index >= 15 is 0 Å². The Morgan fingerprint density at radius 3 is 2.73 bits per heavy atom. The summed E-state index contributed by atoms with van der Waals surface area (Å²) < 4.78 is 5.07. The summed E-state index contributed by atoms with van der Waals surface area (Å²) >= 11 is 0. The van der Waals surface area contributed by atoms with E-state index in [9.17, 15) is 4.79 Å². The Bertz CT molecular complexity index is 346. The fourth-order valence-electron chi connectivity index (χ4n) is 1.22. The van der Waals surface area contributed by atoms with Crippen molar-refractivity contribution in [1.29, 1.82) is 0 Å². The summed E-state index contributed by atoms with van der Waals surface area (Å²) in [5, 5.41) is 17.5. The molecule has 0 saturated carbocycles. The predicted molar refractivity (Wildman–Crippen MR) is 54.9 cm³/mol. The Morgan fingerprint density at radius 2 is 2.20 bits per heavy atom. The lowest BCUT2D eigenvalue weighted by Gasteiger charge is -2.09. The van der Waals surface area contributed by atoms with Crippen molar-refractivity contribution in [1.82, 2.24) is 0 Å². The minimum absolute atomic E-state index is 0.154. The molecular formula is C11H14O4. The maximum atomic E-state index is 10.3. The van der Waals surface area contributed by atoms with Crippen molar-refractivity contribution in [2.45, 2.75) is 20.0 Å². The molecule has 0 fully saturated rings. The molecule has 0 amide bonds. The quantitative estimate of drug-likeness (QED) is 0.766. The number of carboxylic acids is 1. The molecule has 1 rings (SSSR count). The third-order valence-electron chi connectivity index (χ3n) is 2.06. The van der Waals surface area contributed by atoms with Crippen molar-refractivity contribution in [3.8, 4) is 5.75 Å². The van der Waals surface area contributed by atoms with Gasteiger partial charge in [0, 0.05) is 5.56 Å². The number of aliphatic carboxylic acids is 1. The van der Waals surface area contributed by atoms with Crippen molar-refractivity contribution < 1.29 is 19.7 Å². The number of ether oxygens (including phenoxy) is 1. The van der Waals surface area contributed by atoms with Crippen LogP contribution in [-0.2, 0) is 17.8 Å². The number of hydrogen-bond donors (Lipinski definition) is 2. The zero-order valence-electron chi connectivity index (χ0n) is 8.56. The van der Waals surface area contributed by atoms with Crippen LogP contribution in [0.3, 0.4) is 0 Å². The minimum Gasteiger partial charge on any atom is -0.482 e. The van der Waals surface area contributed by atoms with E-state index in [1.54, 1.807) is 12.1 Å². The second kappa shape index (κ2) is 5.36. The molecule has 2 N–H and O–H groups in total. The van der Waals surface area contributed by atoms with Crippen LogP contribution in [0.4, 0.5) is 0 Å². The van der Waals surface area contributed by atoms with E-state index in [4.69, 9.17) is 14.9 Å². The highest BCUT2D eigenvalue weighted by atomic mass is 16.5. The molecule has 0 aliphatic carbocycles. The molecule has 0 spiro atoms. The number of carboxylic acid groups (broad SMARTS) is 1. The first-order chi connectivity index (χ1) is 7.17. The van der Waals surface area contributed by atoms with Crippen LogP contribution in [0.15, 0.2) is 18.2 Å². The van der Waals surface area contributed by atoms with E-state index in [-0.39, 0.29) is 13.2 Å². The van der Waals surface area contributed by atoms with Gasteiger partial charge in [0.15, 0.2) is 6.61 Å². The molecule has 0 bridgehead atoms. The lowest BCUT2D eigenvalue weighted by molar-refractivity contribution is -0.139. The van der Waals surface area contributed by atoms with Gasteiger partial charge in [0.2, 0.25) is 0 Å². The molecule has 4 heteroatoms. The fraction of sp³-hybridized carbons (Fsp3) is 0.364. The molecule has 0 aliphatic rings. The molecule has 1 aromatic rings. The summed E-state index contributed by atoms with van der Waals surface area (Å²) in [5.41, 5.74) is 1.65. The topological polar surface area (TPSA) is 66.8 Å². The molecule has 0 atom stereocenters. The van der Waals surface area contributed by atoms with Gasteiger partial charge in [-0.25, -0.2) is 4.79 Å². The smallest absolute Gasteiger partial charge is 0.341 e. The zero-order valence-corrected chi connectivity index (χ0v) is 8.56. The SMILES string of the molecule is CCc1ccc(CO)c(OCC(=O)O)c1. The van der Waals surface area contributed by atoms with Gasteiger partial charge in [-0.15, -0.1) is 0 Å². The molecule has 0 heterocycles. The van der Waals surface area contributed by atoms with Gasteiger partial charge in [0.05, 0.1) is 6.61 Å². The molecule has 0 aromatic heterocycles. The second-order valence-electron chi connectivity index (χ2n) is 3.14. The van der Waals surface area contributed by atoms with Gasteiger partial charge in [-0.3, -0.25) is 0 Å². The van der Waals surface area contributed by atoms with Gasteiger partial charge >= 0.3 is 5.97 Å². The lowest BCUT2D eigenvalue weighted by Crippen LogP contribution is -2.10. The highest BCUT2D eigenvalue weighted by molar-refractivity contribution is 5.68. The van der Waals surface area contributed by atoms with Gasteiger partial charge in [0.25, 0.3) is 0 Å². The van der Waals surface area contributed by atoms with Gasteiger partial charge in [-0.2, -0.15) is 0 Å². The van der Waals surface area contributed by atoms with E-state index in [0.29, 0.717) is 11.3 Å². The summed E-state index contributed by atoms with van der Waals surface area (Å²) in [5.74, 6) is -0.583. The Kier molecular flexibility index (Phi) is 4.12. The van der Waals surface area contributed by atoms with Crippen LogP contribution >= 0.6 is 0 Å². The average Bonchev–Trinajstić information content (AvgIpc) is 2.25. The van der Waals surface area contributed by atoms with Crippen molar-refractivity contribution in [3.05, 3.63) is 29.3 Å². The summed E-state index contributed by atoms with van der Waals surface area (Å²) in [4.78, 5) is 10.3. The Labute approximate surface area is 88.1 Å². The molecule has 0 radical (unpaired) electrons. The van der Waals surface area contributed by atoms with E-state index in [0.717, 1.165) is 12.0 Å². The average molecular weight is 210 g/mol. The zero-order chi connectivity index (χ0) is 11.3. The molecular weight excluding hydrogens is 196 g/mol. The van der Waals surface area contributed by atoms with Crippen molar-refractivity contribution in [2.24, 2.45) is 0 Å². The summed E-state index contributed by atoms with van der Waals surface area (Å²) in [7, 11) is 0. The first kappa shape index (κ1) is 11.5. The maximum Gasteiger partial charge on any atom is 0.341 e. The number of carbonyl (C=O) groups is 1. The predicted octanol–water partition coefficient (Wildman–Crippen LogP) is 1.20. The molecule has 82 valence electrons. The molecule has 15 heavy (non-hydrogen) atoms. The van der Waals surface area contributed by atoms with Gasteiger partial charge in [-0.05, 0) is 18.1 Å². The second-order valence-corrected chi connectivity index (χ2v) is 3.14. The molecule has 4 nitrogen and oxygen atoms in total. The van der Waals surface area contributed by atoms with Crippen molar-refractivity contribution >= 4 is 5.97 Å². The number of aryl methyl sites for hydroxylation is 1. The highest BCUT2D eigenvalue weighted by Gasteiger charge is 2.06. The highest BCUT2D eigenvalue weighted by Crippen LogP contribution is 2.20. The third kappa shape index (κ3) is 3.25. The molecule has 0 saturated heterocycles. The number of rotatable bonds is 5.